The van der Waals surface area contributed by atoms with E-state index in [9.17, 15) is 14.4 Å². The van der Waals surface area contributed by atoms with Gasteiger partial charge in [0.25, 0.3) is 5.91 Å². The van der Waals surface area contributed by atoms with Crippen LogP contribution in [0.3, 0.4) is 0 Å². The van der Waals surface area contributed by atoms with Crippen LogP contribution < -0.4 is 10.7 Å². The molecule has 0 radical (unpaired) electrons. The number of aromatic nitrogens is 3. The summed E-state index contributed by atoms with van der Waals surface area (Å²) < 4.78 is 13.3. The molecule has 0 unspecified atom stereocenters. The van der Waals surface area contributed by atoms with Crippen molar-refractivity contribution >= 4 is 29.0 Å². The zero-order chi connectivity index (χ0) is 29.1. The molecule has 2 N–H and O–H groups in total. The third kappa shape index (κ3) is 6.67. The van der Waals surface area contributed by atoms with E-state index in [1.165, 1.54) is 5.01 Å². The number of amides is 2. The molecule has 5 rings (SSSR count). The zero-order valence-corrected chi connectivity index (χ0v) is 24.1. The summed E-state index contributed by atoms with van der Waals surface area (Å²) in [6, 6.07) is 6.50. The molecule has 1 fully saturated rings. The van der Waals surface area contributed by atoms with Crippen LogP contribution in [0, 0.1) is 0 Å². The summed E-state index contributed by atoms with van der Waals surface area (Å²) in [5, 5.41) is 4.16. The van der Waals surface area contributed by atoms with Crippen LogP contribution in [0.4, 0.5) is 4.79 Å². The van der Waals surface area contributed by atoms with Crippen molar-refractivity contribution < 1.29 is 23.9 Å². The Morgan fingerprint density at radius 3 is 2.76 bits per heavy atom. The second-order valence-corrected chi connectivity index (χ2v) is 11.6. The number of aryl methyl sites for hydroxylation is 2. The first-order chi connectivity index (χ1) is 19.6. The molecule has 1 saturated heterocycles. The van der Waals surface area contributed by atoms with Crippen molar-refractivity contribution in [3.05, 3.63) is 48.0 Å². The van der Waals surface area contributed by atoms with Gasteiger partial charge in [0.15, 0.2) is 0 Å². The Morgan fingerprint density at radius 1 is 1.15 bits per heavy atom. The molecular formula is C30H38N6O5. The van der Waals surface area contributed by atoms with Gasteiger partial charge in [-0.05, 0) is 69.4 Å². The number of ether oxygens (including phenoxy) is 2. The lowest BCUT2D eigenvalue weighted by molar-refractivity contribution is -0.152. The number of esters is 1. The summed E-state index contributed by atoms with van der Waals surface area (Å²) in [6.07, 6.45) is 5.56. The largest absolute Gasteiger partial charge is 0.464 e. The lowest BCUT2D eigenvalue weighted by Crippen LogP contribution is -2.60. The van der Waals surface area contributed by atoms with Crippen molar-refractivity contribution in [3.8, 4) is 11.1 Å². The van der Waals surface area contributed by atoms with Crippen molar-refractivity contribution in [2.24, 2.45) is 0 Å². The van der Waals surface area contributed by atoms with E-state index >= 15 is 0 Å². The number of rotatable bonds is 2. The van der Waals surface area contributed by atoms with Crippen LogP contribution in [-0.2, 0) is 38.4 Å². The van der Waals surface area contributed by atoms with Gasteiger partial charge < -0.3 is 19.4 Å². The molecule has 0 saturated carbocycles. The van der Waals surface area contributed by atoms with Crippen molar-refractivity contribution in [1.82, 2.24) is 30.3 Å². The molecule has 0 aliphatic carbocycles. The molecule has 11 heteroatoms. The Kier molecular flexibility index (Phi) is 8.25. The molecular weight excluding hydrogens is 524 g/mol. The minimum atomic E-state index is -0.945. The topological polar surface area (TPSA) is 128 Å². The SMILES string of the molecule is CCc1nc2ccc3cc2n1CCCOC(=O)[C@@H]1CCCN(N1)C(=O)[C@@H](NC(=O)OC(C)(C)C)Cc1cncc-3c1. The van der Waals surface area contributed by atoms with E-state index in [2.05, 4.69) is 33.3 Å². The molecule has 4 heterocycles. The van der Waals surface area contributed by atoms with Crippen LogP contribution in [0.5, 0.6) is 0 Å². The number of benzene rings is 1. The molecule has 2 atom stereocenters. The maximum absolute atomic E-state index is 13.7. The number of nitrogens with one attached hydrogen (secondary N) is 2. The van der Waals surface area contributed by atoms with E-state index in [0.717, 1.165) is 40.0 Å². The van der Waals surface area contributed by atoms with Crippen molar-refractivity contribution in [2.75, 3.05) is 13.2 Å². The Morgan fingerprint density at radius 2 is 1.98 bits per heavy atom. The Labute approximate surface area is 239 Å². The van der Waals surface area contributed by atoms with E-state index < -0.39 is 29.7 Å². The highest BCUT2D eigenvalue weighted by atomic mass is 16.6. The number of carbonyl (C=O) groups excluding carboxylic acids is 3. The second kappa shape index (κ2) is 11.9. The zero-order valence-electron chi connectivity index (χ0n) is 24.1. The molecule has 11 nitrogen and oxygen atoms in total. The first-order valence-corrected chi connectivity index (χ1v) is 14.3. The Balaban J connectivity index is 1.53. The van der Waals surface area contributed by atoms with Gasteiger partial charge in [0, 0.05) is 43.9 Å². The third-order valence-electron chi connectivity index (χ3n) is 7.21. The fourth-order valence-electron chi connectivity index (χ4n) is 5.31. The number of imidazole rings is 1. The average Bonchev–Trinajstić information content (AvgIpc) is 3.30. The lowest BCUT2D eigenvalue weighted by atomic mass is 10.0. The first kappa shape index (κ1) is 28.5. The van der Waals surface area contributed by atoms with Gasteiger partial charge in [0.1, 0.15) is 23.5 Å². The summed E-state index contributed by atoms with van der Waals surface area (Å²) in [4.78, 5) is 48.7. The van der Waals surface area contributed by atoms with E-state index in [1.807, 2.05) is 18.2 Å². The van der Waals surface area contributed by atoms with Gasteiger partial charge in [-0.2, -0.15) is 0 Å². The van der Waals surface area contributed by atoms with Crippen molar-refractivity contribution in [3.63, 3.8) is 0 Å². The van der Waals surface area contributed by atoms with Crippen LogP contribution in [0.15, 0.2) is 36.7 Å². The summed E-state index contributed by atoms with van der Waals surface area (Å²) in [5.41, 5.74) is 6.84. The number of hydrogen-bond donors (Lipinski definition) is 2. The van der Waals surface area contributed by atoms with Crippen molar-refractivity contribution in [2.45, 2.75) is 84.0 Å². The van der Waals surface area contributed by atoms with Gasteiger partial charge in [0.2, 0.25) is 0 Å². The maximum Gasteiger partial charge on any atom is 0.408 e. The van der Waals surface area contributed by atoms with E-state index in [0.29, 0.717) is 32.4 Å². The van der Waals surface area contributed by atoms with Crippen LogP contribution in [0.1, 0.15) is 58.3 Å². The highest BCUT2D eigenvalue weighted by Crippen LogP contribution is 2.27. The van der Waals surface area contributed by atoms with Gasteiger partial charge in [-0.25, -0.2) is 15.2 Å². The fraction of sp³-hybridized carbons (Fsp3) is 0.500. The first-order valence-electron chi connectivity index (χ1n) is 14.3. The van der Waals surface area contributed by atoms with Crippen LogP contribution in [0.2, 0.25) is 0 Å². The normalized spacial score (nSPS) is 20.3. The summed E-state index contributed by atoms with van der Waals surface area (Å²) >= 11 is 0. The number of carbonyl (C=O) groups is 3. The monoisotopic (exact) mass is 562 g/mol. The maximum atomic E-state index is 13.7. The molecule has 2 aliphatic heterocycles. The molecule has 2 aromatic heterocycles. The predicted octanol–water partition coefficient (Wildman–Crippen LogP) is 3.54. The number of alkyl carbamates (subject to hydrolysis) is 1. The van der Waals surface area contributed by atoms with Gasteiger partial charge in [0.05, 0.1) is 17.6 Å². The van der Waals surface area contributed by atoms with Crippen molar-refractivity contribution in [1.29, 1.82) is 0 Å². The molecule has 2 amide bonds. The number of nitrogens with zero attached hydrogens (tertiary/aromatic N) is 4. The summed E-state index contributed by atoms with van der Waals surface area (Å²) in [7, 11) is 0. The minimum absolute atomic E-state index is 0.187. The Bertz CT molecular complexity index is 1440. The highest BCUT2D eigenvalue weighted by Gasteiger charge is 2.34. The number of cyclic esters (lactones) is 1. The van der Waals surface area contributed by atoms with E-state index in [1.54, 1.807) is 33.2 Å². The molecule has 2 aliphatic rings. The highest BCUT2D eigenvalue weighted by molar-refractivity contribution is 5.87. The molecule has 1 aromatic carbocycles. The molecule has 41 heavy (non-hydrogen) atoms. The van der Waals surface area contributed by atoms with Crippen LogP contribution >= 0.6 is 0 Å². The quantitative estimate of drug-likeness (QED) is 0.454. The molecule has 3 aromatic rings. The van der Waals surface area contributed by atoms with Crippen LogP contribution in [0.25, 0.3) is 22.2 Å². The number of fused-ring (bicyclic) bond motifs is 6. The molecule has 0 spiro atoms. The second-order valence-electron chi connectivity index (χ2n) is 11.6. The number of hydrogen-bond acceptors (Lipinski definition) is 8. The van der Waals surface area contributed by atoms with E-state index in [4.69, 9.17) is 14.5 Å². The van der Waals surface area contributed by atoms with Gasteiger partial charge in [-0.3, -0.25) is 19.6 Å². The van der Waals surface area contributed by atoms with Crippen LogP contribution in [-0.4, -0.2) is 68.4 Å². The number of pyridine rings is 1. The molecule has 218 valence electrons. The minimum Gasteiger partial charge on any atom is -0.464 e. The average molecular weight is 563 g/mol. The van der Waals surface area contributed by atoms with E-state index in [-0.39, 0.29) is 18.9 Å². The third-order valence-corrected chi connectivity index (χ3v) is 7.21. The fourth-order valence-corrected chi connectivity index (χ4v) is 5.31. The summed E-state index contributed by atoms with van der Waals surface area (Å²) in [5.74, 6) is 0.215. The Hall–Kier alpha value is -3.99. The lowest BCUT2D eigenvalue weighted by Gasteiger charge is -2.35. The standard InChI is InChI=1S/C30H38N6O5/c1-5-26-32-22-10-9-20-16-25(22)35(26)11-7-13-40-28(38)23-8-6-12-36(34-23)27(37)24(33-29(39)41-30(2,3)4)15-19-14-21(20)18-31-17-19/h9-10,14,16-18,23-24,34H,5-8,11-13,15H2,1-4H3,(H,33,39)/t23-,24-/m0/s1. The smallest absolute Gasteiger partial charge is 0.408 e. The molecule has 6 bridgehead atoms. The summed E-state index contributed by atoms with van der Waals surface area (Å²) in [6.45, 7) is 8.68. The number of hydrazine groups is 1. The van der Waals surface area contributed by atoms with Gasteiger partial charge in [-0.15, -0.1) is 0 Å². The predicted molar refractivity (Wildman–Crippen MR) is 153 cm³/mol. The van der Waals surface area contributed by atoms with Gasteiger partial charge in [-0.1, -0.05) is 13.0 Å². The van der Waals surface area contributed by atoms with Gasteiger partial charge >= 0.3 is 12.1 Å².